The average molecular weight is 182 g/mol. The van der Waals surface area contributed by atoms with Crippen molar-refractivity contribution in [2.24, 2.45) is 16.7 Å². The van der Waals surface area contributed by atoms with Gasteiger partial charge in [0.2, 0.25) is 0 Å². The molecule has 1 heteroatoms. The molecule has 1 aliphatic carbocycles. The summed E-state index contributed by atoms with van der Waals surface area (Å²) in [5, 5.41) is 0. The summed E-state index contributed by atoms with van der Waals surface area (Å²) < 4.78 is 0. The van der Waals surface area contributed by atoms with E-state index in [0.29, 0.717) is 5.78 Å². The molecule has 0 aromatic heterocycles. The van der Waals surface area contributed by atoms with Gasteiger partial charge < -0.3 is 0 Å². The first-order chi connectivity index (χ1) is 5.94. The zero-order valence-corrected chi connectivity index (χ0v) is 9.61. The highest BCUT2D eigenvalue weighted by molar-refractivity contribution is 5.94. The lowest BCUT2D eigenvalue weighted by molar-refractivity contribution is -0.172. The SMILES string of the molecule is CCCC1(C)C(C)C(=O)C1(C)CC. The summed E-state index contributed by atoms with van der Waals surface area (Å²) in [7, 11) is 0. The van der Waals surface area contributed by atoms with Gasteiger partial charge >= 0.3 is 0 Å². The Balaban J connectivity index is 2.90. The maximum atomic E-state index is 11.8. The number of carbonyl (C=O) groups is 1. The van der Waals surface area contributed by atoms with Crippen LogP contribution in [0.5, 0.6) is 0 Å². The van der Waals surface area contributed by atoms with Crippen molar-refractivity contribution in [3.63, 3.8) is 0 Å². The summed E-state index contributed by atoms with van der Waals surface area (Å²) in [5.41, 5.74) is 0.218. The minimum absolute atomic E-state index is 0.0393. The molecule has 0 heterocycles. The molecule has 0 bridgehead atoms. The fourth-order valence-corrected chi connectivity index (χ4v) is 3.04. The minimum atomic E-state index is -0.0393. The van der Waals surface area contributed by atoms with Gasteiger partial charge in [-0.3, -0.25) is 4.79 Å². The molecule has 0 saturated heterocycles. The first kappa shape index (κ1) is 10.7. The van der Waals surface area contributed by atoms with Gasteiger partial charge in [-0.2, -0.15) is 0 Å². The average Bonchev–Trinajstić information content (AvgIpc) is 2.14. The van der Waals surface area contributed by atoms with Crippen molar-refractivity contribution < 1.29 is 4.79 Å². The summed E-state index contributed by atoms with van der Waals surface area (Å²) in [4.78, 5) is 11.8. The van der Waals surface area contributed by atoms with E-state index in [4.69, 9.17) is 0 Å². The third-order valence-electron chi connectivity index (χ3n) is 4.63. The Kier molecular flexibility index (Phi) is 2.57. The molecule has 0 amide bonds. The summed E-state index contributed by atoms with van der Waals surface area (Å²) in [6.07, 6.45) is 3.36. The molecule has 0 N–H and O–H groups in total. The first-order valence-corrected chi connectivity index (χ1v) is 5.48. The number of carbonyl (C=O) groups excluding carboxylic acids is 1. The quantitative estimate of drug-likeness (QED) is 0.653. The van der Waals surface area contributed by atoms with E-state index < -0.39 is 0 Å². The molecular formula is C12H22O. The Morgan fingerprint density at radius 3 is 2.23 bits per heavy atom. The molecule has 1 aliphatic rings. The van der Waals surface area contributed by atoms with Crippen molar-refractivity contribution >= 4 is 5.78 Å². The topological polar surface area (TPSA) is 17.1 Å². The van der Waals surface area contributed by atoms with E-state index in [2.05, 4.69) is 34.6 Å². The van der Waals surface area contributed by atoms with Crippen molar-refractivity contribution in [3.8, 4) is 0 Å². The normalized spacial score (nSPS) is 44.7. The van der Waals surface area contributed by atoms with Gasteiger partial charge in [-0.05, 0) is 18.3 Å². The molecule has 1 fully saturated rings. The van der Waals surface area contributed by atoms with Gasteiger partial charge in [0, 0.05) is 11.3 Å². The molecule has 1 nitrogen and oxygen atoms in total. The van der Waals surface area contributed by atoms with Crippen LogP contribution in [0.4, 0.5) is 0 Å². The van der Waals surface area contributed by atoms with Gasteiger partial charge in [0.15, 0.2) is 0 Å². The second-order valence-electron chi connectivity index (χ2n) is 4.94. The van der Waals surface area contributed by atoms with Crippen molar-refractivity contribution in [3.05, 3.63) is 0 Å². The van der Waals surface area contributed by atoms with Gasteiger partial charge in [-0.25, -0.2) is 0 Å². The van der Waals surface area contributed by atoms with Gasteiger partial charge in [0.25, 0.3) is 0 Å². The molecule has 1 saturated carbocycles. The molecule has 1 rings (SSSR count). The van der Waals surface area contributed by atoms with E-state index in [1.807, 2.05) is 0 Å². The highest BCUT2D eigenvalue weighted by Gasteiger charge is 2.62. The van der Waals surface area contributed by atoms with Crippen LogP contribution in [-0.4, -0.2) is 5.78 Å². The number of Topliss-reactive ketones (excluding diaryl/α,β-unsaturated/α-hetero) is 1. The van der Waals surface area contributed by atoms with Crippen LogP contribution in [-0.2, 0) is 4.79 Å². The smallest absolute Gasteiger partial charge is 0.142 e. The maximum Gasteiger partial charge on any atom is 0.142 e. The summed E-state index contributed by atoms with van der Waals surface area (Å²) in [6.45, 7) is 10.9. The van der Waals surface area contributed by atoms with E-state index in [1.54, 1.807) is 0 Å². The van der Waals surface area contributed by atoms with E-state index in [1.165, 1.54) is 12.8 Å². The molecule has 0 aromatic carbocycles. The number of hydrogen-bond donors (Lipinski definition) is 0. The van der Waals surface area contributed by atoms with Crippen LogP contribution < -0.4 is 0 Å². The Morgan fingerprint density at radius 1 is 1.31 bits per heavy atom. The van der Waals surface area contributed by atoms with Gasteiger partial charge in [0.1, 0.15) is 5.78 Å². The largest absolute Gasteiger partial charge is 0.299 e. The van der Waals surface area contributed by atoms with E-state index in [0.717, 1.165) is 6.42 Å². The van der Waals surface area contributed by atoms with Crippen LogP contribution in [0.3, 0.4) is 0 Å². The number of hydrogen-bond acceptors (Lipinski definition) is 1. The van der Waals surface area contributed by atoms with Crippen LogP contribution in [0.25, 0.3) is 0 Å². The number of rotatable bonds is 3. The highest BCUT2D eigenvalue weighted by atomic mass is 16.1. The van der Waals surface area contributed by atoms with E-state index >= 15 is 0 Å². The standard InChI is InChI=1S/C12H22O/c1-6-8-12(5)9(3)10(13)11(12,4)7-2/h9H,6-8H2,1-5H3. The van der Waals surface area contributed by atoms with Crippen LogP contribution in [0.15, 0.2) is 0 Å². The number of ketones is 1. The third kappa shape index (κ3) is 1.09. The predicted molar refractivity (Wildman–Crippen MR) is 55.6 cm³/mol. The zero-order chi connectivity index (χ0) is 10.3. The second-order valence-corrected chi connectivity index (χ2v) is 4.94. The Hall–Kier alpha value is -0.330. The predicted octanol–water partition coefficient (Wildman–Crippen LogP) is 3.43. The summed E-state index contributed by atoms with van der Waals surface area (Å²) >= 11 is 0. The Labute approximate surface area is 81.9 Å². The second kappa shape index (κ2) is 3.11. The van der Waals surface area contributed by atoms with Crippen molar-refractivity contribution in [2.45, 2.75) is 53.9 Å². The molecule has 13 heavy (non-hydrogen) atoms. The molecule has 0 radical (unpaired) electrons. The van der Waals surface area contributed by atoms with Gasteiger partial charge in [-0.15, -0.1) is 0 Å². The molecule has 0 aliphatic heterocycles. The van der Waals surface area contributed by atoms with Crippen molar-refractivity contribution in [2.75, 3.05) is 0 Å². The third-order valence-corrected chi connectivity index (χ3v) is 4.63. The monoisotopic (exact) mass is 182 g/mol. The molecule has 0 spiro atoms. The molecule has 76 valence electrons. The van der Waals surface area contributed by atoms with E-state index in [9.17, 15) is 4.79 Å². The first-order valence-electron chi connectivity index (χ1n) is 5.48. The highest BCUT2D eigenvalue weighted by Crippen LogP contribution is 2.61. The van der Waals surface area contributed by atoms with Crippen molar-refractivity contribution in [1.82, 2.24) is 0 Å². The maximum absolute atomic E-state index is 11.8. The van der Waals surface area contributed by atoms with Crippen LogP contribution in [0.2, 0.25) is 0 Å². The summed E-state index contributed by atoms with van der Waals surface area (Å²) in [6, 6.07) is 0. The van der Waals surface area contributed by atoms with Gasteiger partial charge in [-0.1, -0.05) is 41.0 Å². The lowest BCUT2D eigenvalue weighted by Crippen LogP contribution is -2.62. The molecule has 3 unspecified atom stereocenters. The summed E-state index contributed by atoms with van der Waals surface area (Å²) in [5.74, 6) is 0.753. The van der Waals surface area contributed by atoms with Gasteiger partial charge in [0.05, 0.1) is 0 Å². The lowest BCUT2D eigenvalue weighted by atomic mass is 9.42. The Morgan fingerprint density at radius 2 is 1.85 bits per heavy atom. The van der Waals surface area contributed by atoms with Crippen molar-refractivity contribution in [1.29, 1.82) is 0 Å². The molecular weight excluding hydrogens is 160 g/mol. The lowest BCUT2D eigenvalue weighted by Gasteiger charge is -2.59. The van der Waals surface area contributed by atoms with E-state index in [-0.39, 0.29) is 16.7 Å². The zero-order valence-electron chi connectivity index (χ0n) is 9.61. The fourth-order valence-electron chi connectivity index (χ4n) is 3.04. The minimum Gasteiger partial charge on any atom is -0.299 e. The van der Waals surface area contributed by atoms with Crippen LogP contribution in [0, 0.1) is 16.7 Å². The fraction of sp³-hybridized carbons (Fsp3) is 0.917. The molecule has 0 aromatic rings. The van der Waals surface area contributed by atoms with Crippen LogP contribution in [0.1, 0.15) is 53.9 Å². The molecule has 3 atom stereocenters. The van der Waals surface area contributed by atoms with Crippen LogP contribution >= 0.6 is 0 Å². The Bertz CT molecular complexity index is 221.